The zero-order valence-electron chi connectivity index (χ0n) is 11.0. The minimum atomic E-state index is 0.706. The van der Waals surface area contributed by atoms with Crippen molar-refractivity contribution in [3.63, 3.8) is 0 Å². The van der Waals surface area contributed by atoms with E-state index in [1.165, 1.54) is 38.4 Å². The Labute approximate surface area is 113 Å². The Balaban J connectivity index is 1.70. The average molecular weight is 257 g/mol. The van der Waals surface area contributed by atoms with Crippen molar-refractivity contribution < 1.29 is 4.74 Å². The number of hydrogen-bond donors (Lipinski definition) is 0. The fraction of sp³-hybridized carbons (Fsp3) is 0.467. The summed E-state index contributed by atoms with van der Waals surface area (Å²) in [5.74, 6) is 1.59. The molecule has 19 heavy (non-hydrogen) atoms. The third-order valence-corrected chi connectivity index (χ3v) is 3.73. The average Bonchev–Trinajstić information content (AvgIpc) is 3.01. The first-order chi connectivity index (χ1) is 9.43. The lowest BCUT2D eigenvalue weighted by molar-refractivity contribution is 0.208. The summed E-state index contributed by atoms with van der Waals surface area (Å²) < 4.78 is 7.76. The van der Waals surface area contributed by atoms with Crippen molar-refractivity contribution in [1.82, 2.24) is 14.8 Å². The van der Waals surface area contributed by atoms with E-state index in [4.69, 9.17) is 4.74 Å². The predicted molar refractivity (Wildman–Crippen MR) is 73.4 cm³/mol. The monoisotopic (exact) mass is 257 g/mol. The molecule has 2 aromatic rings. The van der Waals surface area contributed by atoms with Crippen molar-refractivity contribution in [2.24, 2.45) is 5.92 Å². The molecule has 0 bridgehead atoms. The molecule has 1 saturated carbocycles. The van der Waals surface area contributed by atoms with Gasteiger partial charge in [0, 0.05) is 0 Å². The summed E-state index contributed by atoms with van der Waals surface area (Å²) in [6, 6.07) is 7.99. The van der Waals surface area contributed by atoms with Gasteiger partial charge in [0.25, 0.3) is 0 Å². The van der Waals surface area contributed by atoms with Gasteiger partial charge in [-0.2, -0.15) is 5.10 Å². The molecule has 3 rings (SSSR count). The Bertz CT molecular complexity index is 504. The van der Waals surface area contributed by atoms with Gasteiger partial charge < -0.3 is 4.74 Å². The van der Waals surface area contributed by atoms with Gasteiger partial charge in [0.2, 0.25) is 0 Å². The van der Waals surface area contributed by atoms with Crippen LogP contribution in [0.25, 0.3) is 5.69 Å². The maximum absolute atomic E-state index is 6.01. The number of nitrogens with zero attached hydrogens (tertiary/aromatic N) is 3. The molecule has 1 aliphatic rings. The van der Waals surface area contributed by atoms with E-state index in [0.717, 1.165) is 18.0 Å². The molecular formula is C15H19N3O. The second-order valence-corrected chi connectivity index (χ2v) is 5.12. The van der Waals surface area contributed by atoms with E-state index in [-0.39, 0.29) is 0 Å². The highest BCUT2D eigenvalue weighted by Gasteiger charge is 2.15. The Morgan fingerprint density at radius 1 is 1.16 bits per heavy atom. The molecule has 0 atom stereocenters. The van der Waals surface area contributed by atoms with Crippen LogP contribution in [0.3, 0.4) is 0 Å². The molecule has 0 saturated heterocycles. The summed E-state index contributed by atoms with van der Waals surface area (Å²) in [6.07, 6.45) is 9.90. The van der Waals surface area contributed by atoms with E-state index < -0.39 is 0 Å². The van der Waals surface area contributed by atoms with Crippen LogP contribution in [0, 0.1) is 5.92 Å². The smallest absolute Gasteiger partial charge is 0.145 e. The van der Waals surface area contributed by atoms with Crippen molar-refractivity contribution in [3.8, 4) is 11.4 Å². The minimum Gasteiger partial charge on any atom is -0.491 e. The second-order valence-electron chi connectivity index (χ2n) is 5.12. The number of para-hydroxylation sites is 2. The highest BCUT2D eigenvalue weighted by Crippen LogP contribution is 2.26. The van der Waals surface area contributed by atoms with Crippen LogP contribution in [0.4, 0.5) is 0 Å². The van der Waals surface area contributed by atoms with E-state index in [1.807, 2.05) is 24.3 Å². The lowest BCUT2D eigenvalue weighted by Crippen LogP contribution is -2.16. The first kappa shape index (κ1) is 12.2. The molecule has 4 nitrogen and oxygen atoms in total. The summed E-state index contributed by atoms with van der Waals surface area (Å²) in [4.78, 5) is 3.99. The van der Waals surface area contributed by atoms with Gasteiger partial charge in [0.15, 0.2) is 0 Å². The van der Waals surface area contributed by atoms with Gasteiger partial charge in [-0.1, -0.05) is 31.4 Å². The topological polar surface area (TPSA) is 39.9 Å². The van der Waals surface area contributed by atoms with Crippen LogP contribution >= 0.6 is 0 Å². The summed E-state index contributed by atoms with van der Waals surface area (Å²) >= 11 is 0. The highest BCUT2D eigenvalue weighted by molar-refractivity contribution is 5.45. The van der Waals surface area contributed by atoms with E-state index in [1.54, 1.807) is 11.0 Å². The number of benzene rings is 1. The fourth-order valence-corrected chi connectivity index (χ4v) is 2.66. The van der Waals surface area contributed by atoms with Crippen molar-refractivity contribution in [1.29, 1.82) is 0 Å². The first-order valence-electron chi connectivity index (χ1n) is 7.00. The zero-order valence-corrected chi connectivity index (χ0v) is 11.0. The van der Waals surface area contributed by atoms with Gasteiger partial charge in [0.05, 0.1) is 6.61 Å². The molecule has 1 aliphatic carbocycles. The standard InChI is InChI=1S/C15H19N3O/c1-2-6-13(7-3-1)10-19-15-9-5-4-8-14(15)18-12-16-11-17-18/h4-5,8-9,11-13H,1-3,6-7,10H2. The van der Waals surface area contributed by atoms with E-state index >= 15 is 0 Å². The summed E-state index contributed by atoms with van der Waals surface area (Å²) in [5, 5.41) is 4.17. The molecule has 100 valence electrons. The largest absolute Gasteiger partial charge is 0.491 e. The Hall–Kier alpha value is -1.84. The van der Waals surface area contributed by atoms with Gasteiger partial charge >= 0.3 is 0 Å². The maximum atomic E-state index is 6.01. The van der Waals surface area contributed by atoms with Crippen LogP contribution in [-0.4, -0.2) is 21.4 Å². The molecule has 0 radical (unpaired) electrons. The second kappa shape index (κ2) is 5.87. The summed E-state index contributed by atoms with van der Waals surface area (Å²) in [7, 11) is 0. The van der Waals surface area contributed by atoms with Gasteiger partial charge in [0.1, 0.15) is 24.1 Å². The SMILES string of the molecule is c1ccc(-n2cncn2)c(OCC2CCCCC2)c1. The molecule has 0 aliphatic heterocycles. The summed E-state index contributed by atoms with van der Waals surface area (Å²) in [6.45, 7) is 0.811. The van der Waals surface area contributed by atoms with Crippen LogP contribution in [0.5, 0.6) is 5.75 Å². The Kier molecular flexibility index (Phi) is 3.77. The first-order valence-corrected chi connectivity index (χ1v) is 7.00. The molecule has 1 aromatic carbocycles. The van der Waals surface area contributed by atoms with Crippen LogP contribution in [0.15, 0.2) is 36.9 Å². The quantitative estimate of drug-likeness (QED) is 0.844. The molecule has 0 unspecified atom stereocenters. The molecule has 4 heteroatoms. The lowest BCUT2D eigenvalue weighted by Gasteiger charge is -2.22. The van der Waals surface area contributed by atoms with Crippen molar-refractivity contribution in [2.75, 3.05) is 6.61 Å². The van der Waals surface area contributed by atoms with Crippen molar-refractivity contribution in [3.05, 3.63) is 36.9 Å². The van der Waals surface area contributed by atoms with Gasteiger partial charge in [-0.15, -0.1) is 0 Å². The van der Waals surface area contributed by atoms with Gasteiger partial charge in [-0.05, 0) is 30.9 Å². The lowest BCUT2D eigenvalue weighted by atomic mass is 9.90. The number of ether oxygens (including phenoxy) is 1. The van der Waals surface area contributed by atoms with Gasteiger partial charge in [-0.3, -0.25) is 0 Å². The van der Waals surface area contributed by atoms with Crippen molar-refractivity contribution >= 4 is 0 Å². The molecule has 1 heterocycles. The fourth-order valence-electron chi connectivity index (χ4n) is 2.66. The van der Waals surface area contributed by atoms with Crippen molar-refractivity contribution in [2.45, 2.75) is 32.1 Å². The van der Waals surface area contributed by atoms with Crippen LogP contribution in [0.1, 0.15) is 32.1 Å². The van der Waals surface area contributed by atoms with E-state index in [9.17, 15) is 0 Å². The number of aromatic nitrogens is 3. The molecule has 0 amide bonds. The molecule has 1 aromatic heterocycles. The number of hydrogen-bond acceptors (Lipinski definition) is 3. The minimum absolute atomic E-state index is 0.706. The predicted octanol–water partition coefficient (Wildman–Crippen LogP) is 3.23. The zero-order chi connectivity index (χ0) is 12.9. The van der Waals surface area contributed by atoms with E-state index in [2.05, 4.69) is 10.1 Å². The molecular weight excluding hydrogens is 238 g/mol. The maximum Gasteiger partial charge on any atom is 0.145 e. The number of rotatable bonds is 4. The normalized spacial score (nSPS) is 16.4. The molecule has 0 N–H and O–H groups in total. The Morgan fingerprint density at radius 3 is 2.79 bits per heavy atom. The third-order valence-electron chi connectivity index (χ3n) is 3.73. The van der Waals surface area contributed by atoms with Crippen LogP contribution in [-0.2, 0) is 0 Å². The Morgan fingerprint density at radius 2 is 2.00 bits per heavy atom. The van der Waals surface area contributed by atoms with E-state index in [0.29, 0.717) is 5.92 Å². The summed E-state index contributed by atoms with van der Waals surface area (Å²) in [5.41, 5.74) is 0.954. The van der Waals surface area contributed by atoms with Crippen LogP contribution < -0.4 is 4.74 Å². The van der Waals surface area contributed by atoms with Gasteiger partial charge in [-0.25, -0.2) is 9.67 Å². The van der Waals surface area contributed by atoms with Crippen LogP contribution in [0.2, 0.25) is 0 Å². The third kappa shape index (κ3) is 2.95. The molecule has 0 spiro atoms. The molecule has 1 fully saturated rings. The highest BCUT2D eigenvalue weighted by atomic mass is 16.5.